The minimum Gasteiger partial charge on any atom is -0.318 e. The maximum Gasteiger partial charge on any atom is 0.168 e. The summed E-state index contributed by atoms with van der Waals surface area (Å²) in [6.45, 7) is 3.59. The summed E-state index contributed by atoms with van der Waals surface area (Å²) in [7, 11) is 0. The number of nitrogens with zero attached hydrogens (tertiary/aromatic N) is 2. The second kappa shape index (κ2) is 4.82. The van der Waals surface area contributed by atoms with Crippen LogP contribution in [-0.4, -0.2) is 23.2 Å². The first-order valence-corrected chi connectivity index (χ1v) is 6.09. The second-order valence-electron chi connectivity index (χ2n) is 3.90. The van der Waals surface area contributed by atoms with Gasteiger partial charge in [-0.25, -0.2) is 4.39 Å². The van der Waals surface area contributed by atoms with E-state index in [0.29, 0.717) is 5.56 Å². The molecule has 0 atom stereocenters. The monoisotopic (exact) mass is 314 g/mol. The van der Waals surface area contributed by atoms with Gasteiger partial charge in [-0.15, -0.1) is 17.0 Å². The SMILES string of the molecule is Br.Cc1cc(C2=CSC3=NCCN23)ccc1F. The lowest BCUT2D eigenvalue weighted by Crippen LogP contribution is -2.19. The van der Waals surface area contributed by atoms with Gasteiger partial charge in [0.05, 0.1) is 12.2 Å². The van der Waals surface area contributed by atoms with E-state index in [1.165, 1.54) is 6.07 Å². The second-order valence-corrected chi connectivity index (χ2v) is 4.74. The van der Waals surface area contributed by atoms with Crippen LogP contribution >= 0.6 is 28.7 Å². The number of halogens is 2. The van der Waals surface area contributed by atoms with Gasteiger partial charge in [0, 0.05) is 12.0 Å². The van der Waals surface area contributed by atoms with E-state index in [4.69, 9.17) is 0 Å². The van der Waals surface area contributed by atoms with Crippen molar-refractivity contribution in [1.82, 2.24) is 4.90 Å². The molecular formula is C12H12BrFN2S. The summed E-state index contributed by atoms with van der Waals surface area (Å²) in [4.78, 5) is 6.58. The Morgan fingerprint density at radius 1 is 1.41 bits per heavy atom. The third-order valence-corrected chi connectivity index (χ3v) is 3.72. The normalized spacial score (nSPS) is 17.4. The van der Waals surface area contributed by atoms with Crippen LogP contribution in [0.5, 0.6) is 0 Å². The number of hydrogen-bond donors (Lipinski definition) is 0. The zero-order valence-corrected chi connectivity index (χ0v) is 11.8. The molecule has 0 N–H and O–H groups in total. The fourth-order valence-electron chi connectivity index (χ4n) is 1.95. The van der Waals surface area contributed by atoms with Gasteiger partial charge in [0.1, 0.15) is 5.82 Å². The quantitative estimate of drug-likeness (QED) is 0.789. The molecule has 0 unspecified atom stereocenters. The van der Waals surface area contributed by atoms with Crippen molar-refractivity contribution in [2.24, 2.45) is 4.99 Å². The summed E-state index contributed by atoms with van der Waals surface area (Å²) < 4.78 is 13.2. The van der Waals surface area contributed by atoms with Gasteiger partial charge in [-0.2, -0.15) is 0 Å². The molecule has 3 rings (SSSR count). The predicted octanol–water partition coefficient (Wildman–Crippen LogP) is 3.43. The summed E-state index contributed by atoms with van der Waals surface area (Å²) in [5.41, 5.74) is 2.90. The molecule has 0 radical (unpaired) electrons. The number of hydrogen-bond acceptors (Lipinski definition) is 3. The molecule has 0 aromatic heterocycles. The fraction of sp³-hybridized carbons (Fsp3) is 0.250. The van der Waals surface area contributed by atoms with Crippen molar-refractivity contribution in [3.63, 3.8) is 0 Å². The molecule has 0 saturated carbocycles. The number of fused-ring (bicyclic) bond motifs is 1. The lowest BCUT2D eigenvalue weighted by molar-refractivity contribution is 0.616. The van der Waals surface area contributed by atoms with Gasteiger partial charge in [-0.05, 0) is 36.2 Å². The van der Waals surface area contributed by atoms with Crippen LogP contribution in [0.2, 0.25) is 0 Å². The molecule has 0 spiro atoms. The Bertz CT molecular complexity index is 513. The Morgan fingerprint density at radius 3 is 3.00 bits per heavy atom. The molecule has 0 bridgehead atoms. The van der Waals surface area contributed by atoms with Crippen molar-refractivity contribution >= 4 is 39.6 Å². The van der Waals surface area contributed by atoms with Crippen LogP contribution in [0, 0.1) is 12.7 Å². The van der Waals surface area contributed by atoms with Crippen molar-refractivity contribution in [3.05, 3.63) is 40.6 Å². The molecule has 0 aliphatic carbocycles. The van der Waals surface area contributed by atoms with Crippen LogP contribution in [0.15, 0.2) is 28.6 Å². The minimum absolute atomic E-state index is 0. The van der Waals surface area contributed by atoms with E-state index in [9.17, 15) is 4.39 Å². The molecule has 1 aromatic rings. The van der Waals surface area contributed by atoms with Crippen molar-refractivity contribution in [3.8, 4) is 0 Å². The lowest BCUT2D eigenvalue weighted by atomic mass is 10.1. The van der Waals surface area contributed by atoms with Gasteiger partial charge in [0.25, 0.3) is 0 Å². The Balaban J connectivity index is 0.00000108. The zero-order chi connectivity index (χ0) is 11.1. The highest BCUT2D eigenvalue weighted by molar-refractivity contribution is 8.93. The van der Waals surface area contributed by atoms with E-state index in [-0.39, 0.29) is 22.8 Å². The van der Waals surface area contributed by atoms with E-state index in [1.54, 1.807) is 18.7 Å². The summed E-state index contributed by atoms with van der Waals surface area (Å²) in [6, 6.07) is 5.25. The summed E-state index contributed by atoms with van der Waals surface area (Å²) in [5.74, 6) is -0.148. The van der Waals surface area contributed by atoms with Gasteiger partial charge in [0.15, 0.2) is 5.17 Å². The molecule has 2 aliphatic heterocycles. The highest BCUT2D eigenvalue weighted by Gasteiger charge is 2.27. The summed E-state index contributed by atoms with van der Waals surface area (Å²) >= 11 is 1.65. The average Bonchev–Trinajstić information content (AvgIpc) is 2.83. The molecule has 1 aromatic carbocycles. The van der Waals surface area contributed by atoms with Crippen LogP contribution in [-0.2, 0) is 0 Å². The fourth-order valence-corrected chi connectivity index (χ4v) is 2.91. The van der Waals surface area contributed by atoms with Gasteiger partial charge < -0.3 is 4.90 Å². The predicted molar refractivity (Wildman–Crippen MR) is 76.0 cm³/mol. The molecule has 2 aliphatic rings. The largest absolute Gasteiger partial charge is 0.318 e. The van der Waals surface area contributed by atoms with E-state index in [2.05, 4.69) is 15.3 Å². The van der Waals surface area contributed by atoms with Crippen LogP contribution in [0.1, 0.15) is 11.1 Å². The maximum absolute atomic E-state index is 13.2. The molecule has 2 nitrogen and oxygen atoms in total. The average molecular weight is 315 g/mol. The van der Waals surface area contributed by atoms with Crippen LogP contribution in [0.3, 0.4) is 0 Å². The maximum atomic E-state index is 13.2. The topological polar surface area (TPSA) is 15.6 Å². The van der Waals surface area contributed by atoms with Crippen LogP contribution in [0.25, 0.3) is 5.70 Å². The highest BCUT2D eigenvalue weighted by Crippen LogP contribution is 2.35. The van der Waals surface area contributed by atoms with Crippen LogP contribution < -0.4 is 0 Å². The molecule has 2 heterocycles. The number of rotatable bonds is 1. The Labute approximate surface area is 114 Å². The summed E-state index contributed by atoms with van der Waals surface area (Å²) in [5, 5.41) is 3.15. The number of aryl methyl sites for hydroxylation is 1. The molecule has 17 heavy (non-hydrogen) atoms. The Hall–Kier alpha value is -0.810. The first-order valence-electron chi connectivity index (χ1n) is 5.21. The van der Waals surface area contributed by atoms with Crippen molar-refractivity contribution < 1.29 is 4.39 Å². The van der Waals surface area contributed by atoms with Crippen molar-refractivity contribution in [1.29, 1.82) is 0 Å². The third kappa shape index (κ3) is 2.13. The van der Waals surface area contributed by atoms with Crippen molar-refractivity contribution in [2.75, 3.05) is 13.1 Å². The van der Waals surface area contributed by atoms with E-state index < -0.39 is 0 Å². The molecule has 0 fully saturated rings. The first-order chi connectivity index (χ1) is 7.75. The number of amidine groups is 1. The number of aliphatic imine (C=N–C) groups is 1. The van der Waals surface area contributed by atoms with Gasteiger partial charge in [-0.3, -0.25) is 4.99 Å². The molecule has 90 valence electrons. The van der Waals surface area contributed by atoms with Crippen molar-refractivity contribution in [2.45, 2.75) is 6.92 Å². The molecule has 0 saturated heterocycles. The third-order valence-electron chi connectivity index (χ3n) is 2.82. The molecule has 5 heteroatoms. The zero-order valence-electron chi connectivity index (χ0n) is 9.31. The Morgan fingerprint density at radius 2 is 2.24 bits per heavy atom. The van der Waals surface area contributed by atoms with Gasteiger partial charge >= 0.3 is 0 Å². The number of thioether (sulfide) groups is 1. The minimum atomic E-state index is -0.148. The smallest absolute Gasteiger partial charge is 0.168 e. The van der Waals surface area contributed by atoms with E-state index >= 15 is 0 Å². The standard InChI is InChI=1S/C12H11FN2S.BrH/c1-8-6-9(2-3-10(8)13)11-7-16-12-14-4-5-15(11)12;/h2-3,6-7H,4-5H2,1H3;1H. The van der Waals surface area contributed by atoms with E-state index in [0.717, 1.165) is 29.5 Å². The van der Waals surface area contributed by atoms with Gasteiger partial charge in [0.2, 0.25) is 0 Å². The lowest BCUT2D eigenvalue weighted by Gasteiger charge is -2.16. The first kappa shape index (κ1) is 12.6. The summed E-state index contributed by atoms with van der Waals surface area (Å²) in [6.07, 6.45) is 0. The van der Waals surface area contributed by atoms with Gasteiger partial charge in [-0.1, -0.05) is 11.8 Å². The highest BCUT2D eigenvalue weighted by atomic mass is 79.9. The van der Waals surface area contributed by atoms with E-state index in [1.807, 2.05) is 12.1 Å². The molecular weight excluding hydrogens is 303 g/mol. The van der Waals surface area contributed by atoms with Crippen LogP contribution in [0.4, 0.5) is 4.39 Å². The number of benzene rings is 1. The Kier molecular flexibility index (Phi) is 3.58. The molecule has 0 amide bonds.